The van der Waals surface area contributed by atoms with E-state index in [9.17, 15) is 17.3 Å². The molecule has 2 rings (SSSR count). The molecule has 0 aromatic heterocycles. The van der Waals surface area contributed by atoms with Crippen LogP contribution in [0.25, 0.3) is 0 Å². The van der Waals surface area contributed by atoms with Gasteiger partial charge in [0.05, 0.1) is 19.8 Å². The molecule has 0 aliphatic carbocycles. The summed E-state index contributed by atoms with van der Waals surface area (Å²) in [6.07, 6.45) is 5.36. The number of ether oxygens (including phenoxy) is 3. The Morgan fingerprint density at radius 2 is 1.83 bits per heavy atom. The van der Waals surface area contributed by atoms with Gasteiger partial charge < -0.3 is 31.5 Å². The number of rotatable bonds is 4. The fourth-order valence-corrected chi connectivity index (χ4v) is 1.97. The maximum absolute atomic E-state index is 9.75. The highest BCUT2D eigenvalue weighted by atomic mass is 19.5. The van der Waals surface area contributed by atoms with Crippen LogP contribution >= 0.6 is 0 Å². The van der Waals surface area contributed by atoms with Crippen molar-refractivity contribution < 1.29 is 36.0 Å². The average Bonchev–Trinajstić information content (AvgIpc) is 2.86. The van der Waals surface area contributed by atoms with Crippen LogP contribution < -0.4 is 9.47 Å². The number of methoxy groups -OCH3 is 2. The molecule has 1 aromatic rings. The van der Waals surface area contributed by atoms with Gasteiger partial charge in [-0.15, -0.1) is 6.42 Å². The molecule has 24 heavy (non-hydrogen) atoms. The van der Waals surface area contributed by atoms with Crippen molar-refractivity contribution in [2.24, 2.45) is 0 Å². The monoisotopic (exact) mass is 345 g/mol. The molecule has 1 aliphatic heterocycles. The van der Waals surface area contributed by atoms with Crippen molar-refractivity contribution in [3.63, 3.8) is 0 Å². The van der Waals surface area contributed by atoms with Crippen LogP contribution in [0.2, 0.25) is 0 Å². The molecule has 0 N–H and O–H groups in total. The molecule has 1 aliphatic rings. The maximum Gasteiger partial charge on any atom is 0.673 e. The Labute approximate surface area is 137 Å². The molecule has 0 saturated heterocycles. The summed E-state index contributed by atoms with van der Waals surface area (Å²) in [7, 11) is -2.80. The van der Waals surface area contributed by atoms with Crippen LogP contribution in [0.5, 0.6) is 11.5 Å². The Bertz CT molecular complexity index is 674. The smallest absolute Gasteiger partial charge is 0.493 e. The number of nitrogens with zero attached hydrogens (tertiary/aromatic N) is 1. The first-order chi connectivity index (χ1) is 11.2. The molecule has 1 aromatic carbocycles. The van der Waals surface area contributed by atoms with Gasteiger partial charge in [0.1, 0.15) is 0 Å². The van der Waals surface area contributed by atoms with Crippen LogP contribution in [0.1, 0.15) is 5.56 Å². The molecule has 0 fully saturated rings. The molecular formula is C15H16BF4NO3. The Morgan fingerprint density at radius 3 is 2.33 bits per heavy atom. The molecule has 0 amide bonds. The number of hydrogen-bond acceptors (Lipinski definition) is 3. The third kappa shape index (κ3) is 5.87. The lowest BCUT2D eigenvalue weighted by Crippen LogP contribution is -2.17. The lowest BCUT2D eigenvalue weighted by Gasteiger charge is -2.08. The number of terminal acetylenes is 1. The van der Waals surface area contributed by atoms with E-state index < -0.39 is 7.25 Å². The third-order valence-electron chi connectivity index (χ3n) is 2.81. The van der Waals surface area contributed by atoms with E-state index >= 15 is 0 Å². The summed E-state index contributed by atoms with van der Waals surface area (Å²) in [5.41, 5.74) is 0.881. The highest BCUT2D eigenvalue weighted by molar-refractivity contribution is 6.50. The zero-order valence-corrected chi connectivity index (χ0v) is 13.2. The number of benzene rings is 1. The fraction of sp³-hybridized carbons (Fsp3) is 0.267. The summed E-state index contributed by atoms with van der Waals surface area (Å²) in [6, 6.07) is 5.59. The second-order valence-electron chi connectivity index (χ2n) is 4.57. The number of hydrogen-bond donors (Lipinski definition) is 0. The molecular weight excluding hydrogens is 329 g/mol. The highest BCUT2D eigenvalue weighted by Gasteiger charge is 2.29. The van der Waals surface area contributed by atoms with Crippen molar-refractivity contribution in [1.82, 2.24) is 0 Å². The summed E-state index contributed by atoms with van der Waals surface area (Å²) in [5.74, 6) is 5.31. The molecule has 0 saturated carbocycles. The standard InChI is InChI=1S/C15H16NO3.BF4/c1-5-8-16-10-11(2)19-15(16)12-6-7-13(17-3)14(9-12)18-4;2-1(3,4)5/h1,6-7,9H,2,8,10H2,3-4H3;/q+1;-1. The van der Waals surface area contributed by atoms with Gasteiger partial charge in [-0.25, -0.2) is 0 Å². The van der Waals surface area contributed by atoms with Gasteiger partial charge >= 0.3 is 13.2 Å². The third-order valence-corrected chi connectivity index (χ3v) is 2.81. The minimum Gasteiger partial charge on any atom is -0.493 e. The predicted molar refractivity (Wildman–Crippen MR) is 82.9 cm³/mol. The quantitative estimate of drug-likeness (QED) is 0.364. The zero-order valence-electron chi connectivity index (χ0n) is 13.2. The van der Waals surface area contributed by atoms with Crippen LogP contribution in [0.15, 0.2) is 30.5 Å². The van der Waals surface area contributed by atoms with E-state index in [1.54, 1.807) is 14.2 Å². The summed E-state index contributed by atoms with van der Waals surface area (Å²) >= 11 is 0. The molecule has 4 nitrogen and oxygen atoms in total. The van der Waals surface area contributed by atoms with Gasteiger partial charge in [0.2, 0.25) is 13.1 Å². The lowest BCUT2D eigenvalue weighted by atomic mass is 10.2. The SMILES string of the molecule is C#CC[N+]1=C(c2ccc(OC)c(OC)c2)OC(=C)C1.F[B-](F)(F)F. The molecule has 130 valence electrons. The van der Waals surface area contributed by atoms with Crippen molar-refractivity contribution in [3.8, 4) is 23.8 Å². The van der Waals surface area contributed by atoms with E-state index in [0.29, 0.717) is 36.2 Å². The highest BCUT2D eigenvalue weighted by Crippen LogP contribution is 2.28. The van der Waals surface area contributed by atoms with Crippen LogP contribution in [0, 0.1) is 12.3 Å². The second-order valence-corrected chi connectivity index (χ2v) is 4.57. The van der Waals surface area contributed by atoms with Crippen molar-refractivity contribution in [2.75, 3.05) is 27.3 Å². The van der Waals surface area contributed by atoms with Gasteiger partial charge in [-0.3, -0.25) is 0 Å². The molecule has 0 spiro atoms. The Balaban J connectivity index is 0.000000505. The van der Waals surface area contributed by atoms with Gasteiger partial charge in [-0.1, -0.05) is 6.58 Å². The van der Waals surface area contributed by atoms with Gasteiger partial charge in [0, 0.05) is 6.07 Å². The van der Waals surface area contributed by atoms with Crippen LogP contribution in [0.3, 0.4) is 0 Å². The van der Waals surface area contributed by atoms with Gasteiger partial charge in [-0.2, -0.15) is 4.58 Å². The summed E-state index contributed by atoms with van der Waals surface area (Å²) in [6.45, 7) is 4.91. The van der Waals surface area contributed by atoms with E-state index in [4.69, 9.17) is 20.6 Å². The summed E-state index contributed by atoms with van der Waals surface area (Å²) in [4.78, 5) is 0. The average molecular weight is 345 g/mol. The maximum atomic E-state index is 9.75. The topological polar surface area (TPSA) is 30.7 Å². The largest absolute Gasteiger partial charge is 0.673 e. The van der Waals surface area contributed by atoms with Gasteiger partial charge in [0.25, 0.3) is 0 Å². The Morgan fingerprint density at radius 1 is 1.25 bits per heavy atom. The fourth-order valence-electron chi connectivity index (χ4n) is 1.97. The molecule has 0 bridgehead atoms. The first kappa shape index (κ1) is 19.4. The molecule has 0 unspecified atom stereocenters. The first-order valence-corrected chi connectivity index (χ1v) is 6.70. The molecule has 1 heterocycles. The normalized spacial score (nSPS) is 13.6. The Hall–Kier alpha value is -2.63. The van der Waals surface area contributed by atoms with Gasteiger partial charge in [0.15, 0.2) is 17.3 Å². The van der Waals surface area contributed by atoms with Crippen molar-refractivity contribution in [1.29, 1.82) is 0 Å². The van der Waals surface area contributed by atoms with E-state index in [1.165, 1.54) is 0 Å². The zero-order chi connectivity index (χ0) is 18.3. The molecule has 0 radical (unpaired) electrons. The first-order valence-electron chi connectivity index (χ1n) is 6.70. The molecule has 0 atom stereocenters. The number of halogens is 4. The van der Waals surface area contributed by atoms with Crippen molar-refractivity contribution in [3.05, 3.63) is 36.1 Å². The predicted octanol–water partition coefficient (Wildman–Crippen LogP) is 2.94. The van der Waals surface area contributed by atoms with Crippen LogP contribution in [-0.4, -0.2) is 45.0 Å². The molecule has 9 heteroatoms. The van der Waals surface area contributed by atoms with E-state index in [2.05, 4.69) is 12.5 Å². The van der Waals surface area contributed by atoms with E-state index in [0.717, 1.165) is 5.56 Å². The van der Waals surface area contributed by atoms with Crippen molar-refractivity contribution >= 4 is 13.2 Å². The van der Waals surface area contributed by atoms with E-state index in [1.807, 2.05) is 22.8 Å². The van der Waals surface area contributed by atoms with Crippen LogP contribution in [-0.2, 0) is 4.74 Å². The summed E-state index contributed by atoms with van der Waals surface area (Å²) in [5, 5.41) is 0. The summed E-state index contributed by atoms with van der Waals surface area (Å²) < 4.78 is 57.1. The lowest BCUT2D eigenvalue weighted by molar-refractivity contribution is -0.501. The van der Waals surface area contributed by atoms with E-state index in [-0.39, 0.29) is 0 Å². The minimum absolute atomic E-state index is 0.475. The van der Waals surface area contributed by atoms with Crippen LogP contribution in [0.4, 0.5) is 17.3 Å². The van der Waals surface area contributed by atoms with Gasteiger partial charge in [-0.05, 0) is 18.1 Å². The second kappa shape index (κ2) is 8.29. The Kier molecular flexibility index (Phi) is 6.71. The van der Waals surface area contributed by atoms with Crippen molar-refractivity contribution in [2.45, 2.75) is 0 Å². The minimum atomic E-state index is -6.00.